The zero-order valence-electron chi connectivity index (χ0n) is 15.6. The summed E-state index contributed by atoms with van der Waals surface area (Å²) in [6, 6.07) is 0. The molecular formula is C20H24O7. The molecular weight excluding hydrogens is 352 g/mol. The number of aliphatic hydroxyl groups is 2. The molecule has 0 aromatic carbocycles. The average molecular weight is 376 g/mol. The van der Waals surface area contributed by atoms with Crippen molar-refractivity contribution in [3.63, 3.8) is 0 Å². The van der Waals surface area contributed by atoms with Crippen LogP contribution in [0, 0.1) is 5.92 Å². The predicted molar refractivity (Wildman–Crippen MR) is 95.2 cm³/mol. The van der Waals surface area contributed by atoms with Gasteiger partial charge in [-0.3, -0.25) is 0 Å². The summed E-state index contributed by atoms with van der Waals surface area (Å²) in [5.74, 6) is -3.58. The van der Waals surface area contributed by atoms with Gasteiger partial charge >= 0.3 is 11.9 Å². The van der Waals surface area contributed by atoms with E-state index in [1.807, 2.05) is 0 Å². The molecule has 7 heteroatoms. The van der Waals surface area contributed by atoms with Crippen molar-refractivity contribution in [1.29, 1.82) is 0 Å². The molecule has 146 valence electrons. The first-order valence-electron chi connectivity index (χ1n) is 8.81. The molecule has 0 radical (unpaired) electrons. The first-order chi connectivity index (χ1) is 12.6. The van der Waals surface area contributed by atoms with Gasteiger partial charge in [0.1, 0.15) is 12.2 Å². The lowest BCUT2D eigenvalue weighted by Crippen LogP contribution is -2.41. The number of hydrogen-bond donors (Lipinski definition) is 2. The summed E-state index contributed by atoms with van der Waals surface area (Å²) >= 11 is 0. The van der Waals surface area contributed by atoms with Crippen molar-refractivity contribution in [2.75, 3.05) is 6.61 Å². The highest BCUT2D eigenvalue weighted by atomic mass is 16.6. The van der Waals surface area contributed by atoms with E-state index < -0.39 is 48.1 Å². The summed E-state index contributed by atoms with van der Waals surface area (Å²) in [6.07, 6.45) is 4.76. The Kier molecular flexibility index (Phi) is 4.88. The molecule has 0 unspecified atom stereocenters. The number of hydrogen-bond acceptors (Lipinski definition) is 7. The number of fused-ring (bicyclic) bond motifs is 3. The van der Waals surface area contributed by atoms with Crippen molar-refractivity contribution >= 4 is 11.9 Å². The molecule has 5 atom stereocenters. The van der Waals surface area contributed by atoms with E-state index in [9.17, 15) is 19.8 Å². The average Bonchev–Trinajstić information content (AvgIpc) is 3.08. The van der Waals surface area contributed by atoms with Gasteiger partial charge in [-0.25, -0.2) is 9.59 Å². The summed E-state index contributed by atoms with van der Waals surface area (Å²) in [7, 11) is 0. The minimum absolute atomic E-state index is 0.150. The standard InChI is InChI=1S/C20H24O7/c1-5-11(2)17(22)26-15-9-19(4)6-7-20(24,27-19)13(10-21)8-14-16(15)12(3)18(23)25-14/h5-8,14-16,21,24H,3,9-10H2,1-2,4H3/b11-5-,13-8-/t14-,15+,16-,19-,20-/m0/s1. The molecule has 2 N–H and O–H groups in total. The topological polar surface area (TPSA) is 102 Å². The summed E-state index contributed by atoms with van der Waals surface area (Å²) in [6.45, 7) is 8.41. The third-order valence-corrected chi connectivity index (χ3v) is 5.33. The van der Waals surface area contributed by atoms with Crippen LogP contribution in [0.15, 0.2) is 47.6 Å². The molecule has 1 fully saturated rings. The summed E-state index contributed by atoms with van der Waals surface area (Å²) in [4.78, 5) is 24.5. The SMILES string of the molecule is C=C1C(=O)O[C@H]2/C=C(/CO)[C@]3(O)C=C[C@@](C)(C[C@@H](OC(=O)/C(C)=C\C)[C@@H]12)O3. The highest BCUT2D eigenvalue weighted by molar-refractivity contribution is 5.92. The largest absolute Gasteiger partial charge is 0.458 e. The van der Waals surface area contributed by atoms with Crippen molar-refractivity contribution in [2.24, 2.45) is 5.92 Å². The van der Waals surface area contributed by atoms with Crippen LogP contribution in [0.5, 0.6) is 0 Å². The highest BCUT2D eigenvalue weighted by Gasteiger charge is 2.52. The maximum Gasteiger partial charge on any atom is 0.334 e. The van der Waals surface area contributed by atoms with Crippen molar-refractivity contribution in [1.82, 2.24) is 0 Å². The number of carbonyl (C=O) groups is 2. The first kappa shape index (κ1) is 19.5. The Hall–Kier alpha value is -2.22. The van der Waals surface area contributed by atoms with Crippen molar-refractivity contribution in [3.8, 4) is 0 Å². The quantitative estimate of drug-likeness (QED) is 0.435. The molecule has 3 heterocycles. The molecule has 3 aliphatic rings. The Labute approximate surface area is 157 Å². The van der Waals surface area contributed by atoms with Crippen LogP contribution in [0.1, 0.15) is 27.2 Å². The van der Waals surface area contributed by atoms with E-state index in [4.69, 9.17) is 14.2 Å². The number of carbonyl (C=O) groups excluding carboxylic acids is 2. The molecule has 0 saturated carbocycles. The Morgan fingerprint density at radius 1 is 1.48 bits per heavy atom. The second-order valence-corrected chi connectivity index (χ2v) is 7.34. The van der Waals surface area contributed by atoms with Crippen LogP contribution in [0.2, 0.25) is 0 Å². The van der Waals surface area contributed by atoms with Gasteiger partial charge in [0.2, 0.25) is 5.79 Å². The van der Waals surface area contributed by atoms with Crippen molar-refractivity contribution in [3.05, 3.63) is 47.6 Å². The minimum Gasteiger partial charge on any atom is -0.458 e. The van der Waals surface area contributed by atoms with Gasteiger partial charge in [-0.2, -0.15) is 0 Å². The Balaban J connectivity index is 2.07. The van der Waals surface area contributed by atoms with Crippen LogP contribution in [0.25, 0.3) is 0 Å². The van der Waals surface area contributed by atoms with Crippen LogP contribution in [0.4, 0.5) is 0 Å². The van der Waals surface area contributed by atoms with Gasteiger partial charge in [-0.05, 0) is 32.9 Å². The molecule has 2 bridgehead atoms. The van der Waals surface area contributed by atoms with E-state index in [-0.39, 0.29) is 17.6 Å². The molecule has 0 spiro atoms. The minimum atomic E-state index is -1.82. The third kappa shape index (κ3) is 3.38. The van der Waals surface area contributed by atoms with E-state index in [2.05, 4.69) is 6.58 Å². The molecule has 0 aromatic rings. The van der Waals surface area contributed by atoms with Gasteiger partial charge in [0.05, 0.1) is 18.1 Å². The van der Waals surface area contributed by atoms with E-state index in [1.54, 1.807) is 32.9 Å². The molecule has 3 rings (SSSR count). The van der Waals surface area contributed by atoms with Gasteiger partial charge < -0.3 is 24.4 Å². The fourth-order valence-corrected chi connectivity index (χ4v) is 3.65. The first-order valence-corrected chi connectivity index (χ1v) is 8.81. The van der Waals surface area contributed by atoms with Crippen LogP contribution in [0.3, 0.4) is 0 Å². The van der Waals surface area contributed by atoms with Gasteiger partial charge in [0, 0.05) is 23.1 Å². The maximum atomic E-state index is 12.4. The monoisotopic (exact) mass is 376 g/mol. The molecule has 0 aromatic heterocycles. The number of allylic oxidation sites excluding steroid dienone is 1. The van der Waals surface area contributed by atoms with Crippen molar-refractivity contribution < 1.29 is 34.0 Å². The highest BCUT2D eigenvalue weighted by Crippen LogP contribution is 2.44. The summed E-state index contributed by atoms with van der Waals surface area (Å²) in [5.41, 5.74) is -0.213. The molecule has 0 amide bonds. The number of esters is 2. The zero-order valence-corrected chi connectivity index (χ0v) is 15.6. The lowest BCUT2D eigenvalue weighted by molar-refractivity contribution is -0.191. The number of rotatable bonds is 3. The normalized spacial score (nSPS) is 40.4. The molecule has 3 aliphatic heterocycles. The third-order valence-electron chi connectivity index (χ3n) is 5.33. The van der Waals surface area contributed by atoms with E-state index in [0.717, 1.165) is 0 Å². The van der Waals surface area contributed by atoms with Crippen LogP contribution in [-0.2, 0) is 23.8 Å². The zero-order chi connectivity index (χ0) is 20.0. The van der Waals surface area contributed by atoms with Gasteiger partial charge in [-0.1, -0.05) is 18.7 Å². The van der Waals surface area contributed by atoms with Gasteiger partial charge in [-0.15, -0.1) is 0 Å². The Bertz CT molecular complexity index is 777. The van der Waals surface area contributed by atoms with E-state index in [1.165, 1.54) is 12.2 Å². The molecule has 7 nitrogen and oxygen atoms in total. The lowest BCUT2D eigenvalue weighted by atomic mass is 9.83. The fraction of sp³-hybridized carbons (Fsp3) is 0.500. The Morgan fingerprint density at radius 3 is 2.81 bits per heavy atom. The Morgan fingerprint density at radius 2 is 2.19 bits per heavy atom. The van der Waals surface area contributed by atoms with Crippen LogP contribution < -0.4 is 0 Å². The fourth-order valence-electron chi connectivity index (χ4n) is 3.65. The maximum absolute atomic E-state index is 12.4. The summed E-state index contributed by atoms with van der Waals surface area (Å²) in [5, 5.41) is 20.5. The number of ether oxygens (including phenoxy) is 3. The van der Waals surface area contributed by atoms with E-state index in [0.29, 0.717) is 5.57 Å². The lowest BCUT2D eigenvalue weighted by Gasteiger charge is -2.33. The molecule has 0 aliphatic carbocycles. The van der Waals surface area contributed by atoms with Crippen LogP contribution in [-0.4, -0.2) is 52.4 Å². The second-order valence-electron chi connectivity index (χ2n) is 7.34. The number of aliphatic hydroxyl groups excluding tert-OH is 1. The van der Waals surface area contributed by atoms with Crippen LogP contribution >= 0.6 is 0 Å². The predicted octanol–water partition coefficient (Wildman–Crippen LogP) is 1.32. The van der Waals surface area contributed by atoms with E-state index >= 15 is 0 Å². The second kappa shape index (κ2) is 6.74. The van der Waals surface area contributed by atoms with Gasteiger partial charge in [0.25, 0.3) is 0 Å². The van der Waals surface area contributed by atoms with Gasteiger partial charge in [0.15, 0.2) is 0 Å². The molecule has 27 heavy (non-hydrogen) atoms. The smallest absolute Gasteiger partial charge is 0.334 e. The van der Waals surface area contributed by atoms with Crippen molar-refractivity contribution in [2.45, 2.75) is 50.8 Å². The molecule has 1 saturated heterocycles. The summed E-state index contributed by atoms with van der Waals surface area (Å²) < 4.78 is 16.9.